The maximum atomic E-state index is 13.2. The number of halogens is 4. The summed E-state index contributed by atoms with van der Waals surface area (Å²) in [5.74, 6) is -0.665. The van der Waals surface area contributed by atoms with Crippen LogP contribution in [0.5, 0.6) is 0 Å². The molecule has 3 nitrogen and oxygen atoms in total. The summed E-state index contributed by atoms with van der Waals surface area (Å²) in [6, 6.07) is 11.4. The summed E-state index contributed by atoms with van der Waals surface area (Å²) in [6.07, 6.45) is -3.10. The van der Waals surface area contributed by atoms with Gasteiger partial charge >= 0.3 is 6.18 Å². The van der Waals surface area contributed by atoms with Gasteiger partial charge < -0.3 is 0 Å². The van der Waals surface area contributed by atoms with Crippen molar-refractivity contribution >= 4 is 46.2 Å². The molecule has 1 N–H and O–H groups in total. The predicted octanol–water partition coefficient (Wildman–Crippen LogP) is 5.41. The van der Waals surface area contributed by atoms with Gasteiger partial charge in [-0.1, -0.05) is 35.9 Å². The Morgan fingerprint density at radius 3 is 2.36 bits per heavy atom. The fraction of sp³-hybridized carbons (Fsp3) is 0.0588. The summed E-state index contributed by atoms with van der Waals surface area (Å²) >= 11 is 6.62. The van der Waals surface area contributed by atoms with E-state index in [4.69, 9.17) is 17.0 Å². The molecule has 0 radical (unpaired) electrons. The van der Waals surface area contributed by atoms with Crippen LogP contribution in [0.4, 0.5) is 18.9 Å². The van der Waals surface area contributed by atoms with Crippen LogP contribution < -0.4 is 4.90 Å². The molecule has 0 unspecified atom stereocenters. The molecular formula is C17H10ClF3N2OS. The summed E-state index contributed by atoms with van der Waals surface area (Å²) in [5.41, 5.74) is -0.641. The van der Waals surface area contributed by atoms with Gasteiger partial charge in [-0.25, -0.2) is 0 Å². The van der Waals surface area contributed by atoms with Crippen LogP contribution in [0.3, 0.4) is 0 Å². The molecule has 0 bridgehead atoms. The Morgan fingerprint density at radius 1 is 1.08 bits per heavy atom. The van der Waals surface area contributed by atoms with Crippen LogP contribution >= 0.6 is 23.4 Å². The molecule has 128 valence electrons. The fourth-order valence-electron chi connectivity index (χ4n) is 2.32. The van der Waals surface area contributed by atoms with E-state index in [2.05, 4.69) is 0 Å². The number of thioether (sulfide) groups is 1. The summed E-state index contributed by atoms with van der Waals surface area (Å²) in [4.78, 5) is 13.5. The number of para-hydroxylation sites is 1. The van der Waals surface area contributed by atoms with Gasteiger partial charge in [0, 0.05) is 5.02 Å². The topological polar surface area (TPSA) is 44.2 Å². The van der Waals surface area contributed by atoms with E-state index >= 15 is 0 Å². The average Bonchev–Trinajstić information content (AvgIpc) is 2.83. The maximum Gasteiger partial charge on any atom is 0.418 e. The Bertz CT molecular complexity index is 878. The molecular weight excluding hydrogens is 373 g/mol. The number of alkyl halides is 3. The molecule has 1 saturated heterocycles. The zero-order chi connectivity index (χ0) is 18.2. The van der Waals surface area contributed by atoms with Crippen LogP contribution in [0.25, 0.3) is 6.08 Å². The van der Waals surface area contributed by atoms with Crippen molar-refractivity contribution in [3.05, 3.63) is 69.6 Å². The number of hydrogen-bond acceptors (Lipinski definition) is 3. The molecule has 8 heteroatoms. The monoisotopic (exact) mass is 382 g/mol. The Morgan fingerprint density at radius 2 is 1.72 bits per heavy atom. The molecule has 1 amide bonds. The number of amides is 1. The number of carbonyl (C=O) groups excluding carboxylic acids is 1. The van der Waals surface area contributed by atoms with Crippen LogP contribution in [0, 0.1) is 5.41 Å². The smallest absolute Gasteiger partial charge is 0.278 e. The van der Waals surface area contributed by atoms with Gasteiger partial charge in [0.05, 0.1) is 16.2 Å². The van der Waals surface area contributed by atoms with Gasteiger partial charge in [-0.05, 0) is 47.7 Å². The lowest BCUT2D eigenvalue weighted by molar-refractivity contribution is -0.137. The maximum absolute atomic E-state index is 13.2. The Kier molecular flexibility index (Phi) is 4.62. The molecule has 0 aliphatic carbocycles. The fourth-order valence-corrected chi connectivity index (χ4v) is 3.31. The third kappa shape index (κ3) is 3.57. The van der Waals surface area contributed by atoms with Crippen LogP contribution in [-0.2, 0) is 11.0 Å². The number of anilines is 1. The number of amidine groups is 1. The number of carbonyl (C=O) groups is 1. The van der Waals surface area contributed by atoms with E-state index in [-0.39, 0.29) is 15.8 Å². The van der Waals surface area contributed by atoms with E-state index in [9.17, 15) is 18.0 Å². The van der Waals surface area contributed by atoms with E-state index in [0.29, 0.717) is 10.6 Å². The van der Waals surface area contributed by atoms with E-state index < -0.39 is 17.6 Å². The van der Waals surface area contributed by atoms with E-state index in [1.165, 1.54) is 24.3 Å². The van der Waals surface area contributed by atoms with Crippen molar-refractivity contribution in [3.8, 4) is 0 Å². The second kappa shape index (κ2) is 6.57. The molecule has 25 heavy (non-hydrogen) atoms. The van der Waals surface area contributed by atoms with Crippen molar-refractivity contribution in [2.24, 2.45) is 0 Å². The highest BCUT2D eigenvalue weighted by Gasteiger charge is 2.40. The molecule has 0 atom stereocenters. The highest BCUT2D eigenvalue weighted by atomic mass is 35.5. The standard InChI is InChI=1S/C17H10ClF3N2OS/c18-11-7-5-10(6-8-11)9-14-15(24)23(16(22)25-14)13-4-2-1-3-12(13)17(19,20)21/h1-9,22H/b14-9-,22-16?. The summed E-state index contributed by atoms with van der Waals surface area (Å²) < 4.78 is 39.6. The molecule has 2 aromatic carbocycles. The van der Waals surface area contributed by atoms with Gasteiger partial charge in [0.2, 0.25) is 0 Å². The van der Waals surface area contributed by atoms with Crippen molar-refractivity contribution in [2.45, 2.75) is 6.18 Å². The molecule has 1 aliphatic heterocycles. The Hall–Kier alpha value is -2.25. The largest absolute Gasteiger partial charge is 0.418 e. The molecule has 0 saturated carbocycles. The second-order valence-electron chi connectivity index (χ2n) is 5.12. The van der Waals surface area contributed by atoms with Gasteiger partial charge in [0.25, 0.3) is 5.91 Å². The van der Waals surface area contributed by atoms with Gasteiger partial charge in [0.1, 0.15) is 0 Å². The first kappa shape index (κ1) is 17.6. The number of nitrogens with zero attached hydrogens (tertiary/aromatic N) is 1. The SMILES string of the molecule is N=C1S/C(=C\c2ccc(Cl)cc2)C(=O)N1c1ccccc1C(F)(F)F. The van der Waals surface area contributed by atoms with Crippen LogP contribution in [0.2, 0.25) is 5.02 Å². The third-order valence-corrected chi connectivity index (χ3v) is 4.58. The first-order valence-electron chi connectivity index (χ1n) is 7.02. The lowest BCUT2D eigenvalue weighted by Gasteiger charge is -2.19. The summed E-state index contributed by atoms with van der Waals surface area (Å²) in [7, 11) is 0. The highest BCUT2D eigenvalue weighted by molar-refractivity contribution is 8.19. The molecule has 3 rings (SSSR count). The summed E-state index contributed by atoms with van der Waals surface area (Å²) in [6.45, 7) is 0. The van der Waals surface area contributed by atoms with Crippen molar-refractivity contribution in [1.82, 2.24) is 0 Å². The van der Waals surface area contributed by atoms with Gasteiger partial charge in [-0.15, -0.1) is 0 Å². The minimum absolute atomic E-state index is 0.171. The highest BCUT2D eigenvalue weighted by Crippen LogP contribution is 2.41. The van der Waals surface area contributed by atoms with E-state index in [1.807, 2.05) is 0 Å². The second-order valence-corrected chi connectivity index (χ2v) is 6.59. The Labute approximate surface area is 150 Å². The zero-order valence-electron chi connectivity index (χ0n) is 12.5. The molecule has 0 spiro atoms. The molecule has 1 fully saturated rings. The van der Waals surface area contributed by atoms with Gasteiger partial charge in [-0.2, -0.15) is 13.2 Å². The average molecular weight is 383 g/mol. The lowest BCUT2D eigenvalue weighted by atomic mass is 10.1. The van der Waals surface area contributed by atoms with Gasteiger partial charge in [-0.3, -0.25) is 15.1 Å². The summed E-state index contributed by atoms with van der Waals surface area (Å²) in [5, 5.41) is 8.20. The number of hydrogen-bond donors (Lipinski definition) is 1. The quantitative estimate of drug-likeness (QED) is 0.705. The molecule has 0 aromatic heterocycles. The van der Waals surface area contributed by atoms with E-state index in [0.717, 1.165) is 22.7 Å². The van der Waals surface area contributed by atoms with Crippen molar-refractivity contribution in [2.75, 3.05) is 4.90 Å². The zero-order valence-corrected chi connectivity index (χ0v) is 14.0. The van der Waals surface area contributed by atoms with Crippen LogP contribution in [0.15, 0.2) is 53.4 Å². The first-order valence-corrected chi connectivity index (χ1v) is 8.21. The van der Waals surface area contributed by atoms with Crippen molar-refractivity contribution < 1.29 is 18.0 Å². The first-order chi connectivity index (χ1) is 11.8. The minimum atomic E-state index is -4.62. The van der Waals surface area contributed by atoms with Crippen LogP contribution in [-0.4, -0.2) is 11.1 Å². The number of nitrogens with one attached hydrogen (secondary N) is 1. The van der Waals surface area contributed by atoms with Crippen LogP contribution in [0.1, 0.15) is 11.1 Å². The van der Waals surface area contributed by atoms with Crippen molar-refractivity contribution in [3.63, 3.8) is 0 Å². The van der Waals surface area contributed by atoms with Crippen molar-refractivity contribution in [1.29, 1.82) is 5.41 Å². The molecule has 2 aromatic rings. The molecule has 1 aliphatic rings. The van der Waals surface area contributed by atoms with Gasteiger partial charge in [0.15, 0.2) is 5.17 Å². The number of rotatable bonds is 2. The third-order valence-electron chi connectivity index (χ3n) is 3.44. The Balaban J connectivity index is 1.99. The molecule has 1 heterocycles. The number of benzene rings is 2. The lowest BCUT2D eigenvalue weighted by Crippen LogP contribution is -2.30. The van der Waals surface area contributed by atoms with E-state index in [1.54, 1.807) is 24.3 Å². The predicted molar refractivity (Wildman–Crippen MR) is 93.7 cm³/mol. The minimum Gasteiger partial charge on any atom is -0.278 e. The normalized spacial score (nSPS) is 16.8.